The number of hydrogen-bond acceptors (Lipinski definition) is 6. The normalized spacial score (nSPS) is 13.5. The molecule has 0 saturated heterocycles. The number of hydrogen-bond donors (Lipinski definition) is 5. The van der Waals surface area contributed by atoms with Gasteiger partial charge in [0, 0.05) is 11.8 Å². The molecule has 0 rings (SSSR count). The van der Waals surface area contributed by atoms with Crippen LogP contribution in [0.15, 0.2) is 0 Å². The molecule has 0 aliphatic rings. The minimum Gasteiger partial charge on any atom is -0.444 e. The SMILES string of the molecule is CC(C)(C)OC(=O)NCN.CCCCC(CC(C)C(O)O)C(N)=O. The maximum Gasteiger partial charge on any atom is 0.408 e. The third-order valence-electron chi connectivity index (χ3n) is 3.12. The van der Waals surface area contributed by atoms with Crippen LogP contribution in [0.25, 0.3) is 0 Å². The molecule has 2 unspecified atom stereocenters. The number of rotatable bonds is 8. The average Bonchev–Trinajstić information content (AvgIpc) is 2.41. The van der Waals surface area contributed by atoms with Gasteiger partial charge in [0.2, 0.25) is 5.91 Å². The summed E-state index contributed by atoms with van der Waals surface area (Å²) in [7, 11) is 0. The predicted molar refractivity (Wildman–Crippen MR) is 92.6 cm³/mol. The molecule has 0 saturated carbocycles. The van der Waals surface area contributed by atoms with Gasteiger partial charge in [-0.15, -0.1) is 0 Å². The fourth-order valence-corrected chi connectivity index (χ4v) is 1.79. The Morgan fingerprint density at radius 3 is 2.12 bits per heavy atom. The van der Waals surface area contributed by atoms with Gasteiger partial charge in [-0.05, 0) is 33.6 Å². The highest BCUT2D eigenvalue weighted by Crippen LogP contribution is 2.19. The first kappa shape index (κ1) is 24.9. The van der Waals surface area contributed by atoms with E-state index in [0.717, 1.165) is 19.3 Å². The number of unbranched alkanes of at least 4 members (excludes halogenated alkanes) is 1. The van der Waals surface area contributed by atoms with Crippen LogP contribution in [-0.4, -0.2) is 40.8 Å². The van der Waals surface area contributed by atoms with Crippen molar-refractivity contribution in [3.8, 4) is 0 Å². The molecule has 2 atom stereocenters. The van der Waals surface area contributed by atoms with E-state index >= 15 is 0 Å². The summed E-state index contributed by atoms with van der Waals surface area (Å²) in [6.07, 6.45) is 1.31. The number of nitrogens with one attached hydrogen (secondary N) is 1. The Morgan fingerprint density at radius 1 is 1.25 bits per heavy atom. The maximum absolute atomic E-state index is 11.0. The molecule has 8 nitrogen and oxygen atoms in total. The number of carbonyl (C=O) groups excluding carboxylic acids is 2. The Hall–Kier alpha value is -1.38. The zero-order chi connectivity index (χ0) is 19.3. The van der Waals surface area contributed by atoms with Crippen LogP contribution in [0.4, 0.5) is 4.79 Å². The number of aliphatic hydroxyl groups is 2. The molecule has 0 aliphatic heterocycles. The van der Waals surface area contributed by atoms with Crippen molar-refractivity contribution in [1.29, 1.82) is 0 Å². The minimum absolute atomic E-state index is 0.106. The monoisotopic (exact) mass is 349 g/mol. The lowest BCUT2D eigenvalue weighted by molar-refractivity contribution is -0.124. The van der Waals surface area contributed by atoms with Gasteiger partial charge < -0.3 is 31.7 Å². The zero-order valence-electron chi connectivity index (χ0n) is 15.5. The minimum atomic E-state index is -1.36. The van der Waals surface area contributed by atoms with E-state index in [-0.39, 0.29) is 24.4 Å². The summed E-state index contributed by atoms with van der Waals surface area (Å²) in [6.45, 7) is 9.24. The van der Waals surface area contributed by atoms with Crippen LogP contribution in [0.3, 0.4) is 0 Å². The molecule has 0 fully saturated rings. The lowest BCUT2D eigenvalue weighted by Gasteiger charge is -2.19. The number of nitrogens with two attached hydrogens (primary N) is 2. The van der Waals surface area contributed by atoms with Crippen LogP contribution in [0.1, 0.15) is 60.3 Å². The van der Waals surface area contributed by atoms with Crippen molar-refractivity contribution in [2.75, 3.05) is 6.67 Å². The van der Waals surface area contributed by atoms with Gasteiger partial charge in [0.25, 0.3) is 0 Å². The molecule has 0 spiro atoms. The Kier molecular flexibility index (Phi) is 13.4. The van der Waals surface area contributed by atoms with Crippen LogP contribution in [0.2, 0.25) is 0 Å². The van der Waals surface area contributed by atoms with Gasteiger partial charge in [-0.3, -0.25) is 4.79 Å². The molecular weight excluding hydrogens is 314 g/mol. The van der Waals surface area contributed by atoms with E-state index < -0.39 is 18.0 Å². The van der Waals surface area contributed by atoms with Gasteiger partial charge in [0.15, 0.2) is 6.29 Å². The number of amides is 2. The van der Waals surface area contributed by atoms with E-state index in [9.17, 15) is 9.59 Å². The molecule has 8 heteroatoms. The molecule has 0 bridgehead atoms. The summed E-state index contributed by atoms with van der Waals surface area (Å²) in [6, 6.07) is 0. The number of ether oxygens (including phenoxy) is 1. The highest BCUT2D eigenvalue weighted by molar-refractivity contribution is 5.76. The van der Waals surface area contributed by atoms with Gasteiger partial charge in [0.05, 0.1) is 6.67 Å². The van der Waals surface area contributed by atoms with Gasteiger partial charge in [0.1, 0.15) is 5.60 Å². The Morgan fingerprint density at radius 2 is 1.79 bits per heavy atom. The summed E-state index contributed by atoms with van der Waals surface area (Å²) in [5, 5.41) is 20.1. The number of carbonyl (C=O) groups is 2. The van der Waals surface area contributed by atoms with Crippen molar-refractivity contribution in [3.63, 3.8) is 0 Å². The van der Waals surface area contributed by atoms with Crippen molar-refractivity contribution >= 4 is 12.0 Å². The molecule has 0 radical (unpaired) electrons. The molecule has 0 aromatic rings. The van der Waals surface area contributed by atoms with Crippen molar-refractivity contribution in [2.45, 2.75) is 72.2 Å². The maximum atomic E-state index is 11.0. The van der Waals surface area contributed by atoms with Crippen LogP contribution in [0.5, 0.6) is 0 Å². The van der Waals surface area contributed by atoms with Crippen LogP contribution in [-0.2, 0) is 9.53 Å². The highest BCUT2D eigenvalue weighted by atomic mass is 16.6. The van der Waals surface area contributed by atoms with Crippen molar-refractivity contribution in [2.24, 2.45) is 23.3 Å². The van der Waals surface area contributed by atoms with E-state index in [4.69, 9.17) is 26.4 Å². The largest absolute Gasteiger partial charge is 0.444 e. The molecule has 144 valence electrons. The zero-order valence-corrected chi connectivity index (χ0v) is 15.5. The fourth-order valence-electron chi connectivity index (χ4n) is 1.79. The second-order valence-electron chi connectivity index (χ2n) is 6.75. The highest BCUT2D eigenvalue weighted by Gasteiger charge is 2.21. The van der Waals surface area contributed by atoms with Gasteiger partial charge in [-0.25, -0.2) is 4.79 Å². The first-order valence-corrected chi connectivity index (χ1v) is 8.26. The molecule has 24 heavy (non-hydrogen) atoms. The second kappa shape index (κ2) is 13.0. The van der Waals surface area contributed by atoms with E-state index in [2.05, 4.69) is 5.32 Å². The topological polar surface area (TPSA) is 148 Å². The first-order chi connectivity index (χ1) is 10.9. The summed E-state index contributed by atoms with van der Waals surface area (Å²) < 4.78 is 4.85. The summed E-state index contributed by atoms with van der Waals surface area (Å²) >= 11 is 0. The second-order valence-corrected chi connectivity index (χ2v) is 6.75. The lowest BCUT2D eigenvalue weighted by Crippen LogP contribution is -2.35. The van der Waals surface area contributed by atoms with E-state index in [1.807, 2.05) is 6.92 Å². The van der Waals surface area contributed by atoms with Crippen molar-refractivity contribution in [3.05, 3.63) is 0 Å². The number of aliphatic hydroxyl groups excluding tert-OH is 1. The van der Waals surface area contributed by atoms with Crippen molar-refractivity contribution < 1.29 is 24.5 Å². The molecule has 0 heterocycles. The van der Waals surface area contributed by atoms with Crippen LogP contribution >= 0.6 is 0 Å². The Bertz CT molecular complexity index is 356. The molecule has 7 N–H and O–H groups in total. The quantitative estimate of drug-likeness (QED) is 0.414. The molecule has 0 aromatic carbocycles. The van der Waals surface area contributed by atoms with Crippen molar-refractivity contribution in [1.82, 2.24) is 5.32 Å². The third kappa shape index (κ3) is 15.5. The number of alkyl carbamates (subject to hydrolysis) is 1. The first-order valence-electron chi connectivity index (χ1n) is 8.26. The van der Waals surface area contributed by atoms with Gasteiger partial charge in [-0.1, -0.05) is 26.7 Å². The molecular formula is C16H35N3O5. The van der Waals surface area contributed by atoms with Crippen LogP contribution < -0.4 is 16.8 Å². The molecule has 0 aliphatic carbocycles. The third-order valence-corrected chi connectivity index (χ3v) is 3.12. The summed E-state index contributed by atoms with van der Waals surface area (Å²) in [4.78, 5) is 21.7. The smallest absolute Gasteiger partial charge is 0.408 e. The van der Waals surface area contributed by atoms with Gasteiger partial charge >= 0.3 is 6.09 Å². The van der Waals surface area contributed by atoms with Crippen LogP contribution in [0, 0.1) is 11.8 Å². The summed E-state index contributed by atoms with van der Waals surface area (Å²) in [5.74, 6) is -0.873. The fraction of sp³-hybridized carbons (Fsp3) is 0.875. The Balaban J connectivity index is 0. The predicted octanol–water partition coefficient (Wildman–Crippen LogP) is 1.04. The summed E-state index contributed by atoms with van der Waals surface area (Å²) in [5.41, 5.74) is 9.81. The standard InChI is InChI=1S/C10H21NO3.C6H14N2O2/c1-3-4-5-8(9(11)12)6-7(2)10(13)14;1-6(2,3)10-5(9)8-4-7/h7-8,10,13-14H,3-6H2,1-2H3,(H2,11,12);4,7H2,1-3H3,(H,8,9). The van der Waals surface area contributed by atoms with E-state index in [0.29, 0.717) is 6.42 Å². The molecule has 0 aromatic heterocycles. The van der Waals surface area contributed by atoms with E-state index in [1.54, 1.807) is 27.7 Å². The van der Waals surface area contributed by atoms with E-state index in [1.165, 1.54) is 0 Å². The number of primary amides is 1. The molecule has 2 amide bonds. The lowest BCUT2D eigenvalue weighted by atomic mass is 9.90. The van der Waals surface area contributed by atoms with Gasteiger partial charge in [-0.2, -0.15) is 0 Å². The Labute approximate surface area is 144 Å². The average molecular weight is 349 g/mol.